The van der Waals surface area contributed by atoms with Crippen LogP contribution in [0.2, 0.25) is 5.15 Å². The van der Waals surface area contributed by atoms with E-state index >= 15 is 0 Å². The van der Waals surface area contributed by atoms with Gasteiger partial charge in [-0.05, 0) is 30.2 Å². The van der Waals surface area contributed by atoms with Crippen molar-refractivity contribution in [2.75, 3.05) is 11.9 Å². The molecule has 20 heavy (non-hydrogen) atoms. The average molecular weight is 355 g/mol. The third-order valence-corrected chi connectivity index (χ3v) is 3.72. The fourth-order valence-electron chi connectivity index (χ4n) is 1.66. The lowest BCUT2D eigenvalue weighted by molar-refractivity contribution is 0.252. The lowest BCUT2D eigenvalue weighted by atomic mass is 10.1. The summed E-state index contributed by atoms with van der Waals surface area (Å²) in [4.78, 5) is 15.6. The van der Waals surface area contributed by atoms with Crippen LogP contribution in [0.5, 0.6) is 0 Å². The number of nitrogens with one attached hydrogen (secondary N) is 2. The molecule has 0 aliphatic carbocycles. The molecule has 0 aliphatic rings. The van der Waals surface area contributed by atoms with Crippen molar-refractivity contribution in [1.82, 2.24) is 10.3 Å². The molecule has 1 aromatic carbocycles. The number of aromatic nitrogens is 1. The Morgan fingerprint density at radius 1 is 1.25 bits per heavy atom. The third kappa shape index (κ3) is 4.21. The van der Waals surface area contributed by atoms with Gasteiger partial charge in [-0.25, -0.2) is 9.78 Å². The molecular formula is C14H13BrClN3O. The third-order valence-electron chi connectivity index (χ3n) is 2.65. The van der Waals surface area contributed by atoms with Gasteiger partial charge in [-0.3, -0.25) is 0 Å². The number of hydrogen-bond donors (Lipinski definition) is 2. The normalized spacial score (nSPS) is 10.1. The van der Waals surface area contributed by atoms with E-state index in [0.717, 1.165) is 16.5 Å². The van der Waals surface area contributed by atoms with Gasteiger partial charge in [-0.2, -0.15) is 0 Å². The quantitative estimate of drug-likeness (QED) is 0.819. The Morgan fingerprint density at radius 2 is 2.05 bits per heavy atom. The monoisotopic (exact) mass is 353 g/mol. The van der Waals surface area contributed by atoms with Crippen LogP contribution in [-0.4, -0.2) is 17.6 Å². The molecule has 2 N–H and O–H groups in total. The number of urea groups is 1. The van der Waals surface area contributed by atoms with Crippen molar-refractivity contribution in [1.29, 1.82) is 0 Å². The molecule has 4 nitrogen and oxygen atoms in total. The summed E-state index contributed by atoms with van der Waals surface area (Å²) in [5.41, 5.74) is 1.64. The van der Waals surface area contributed by atoms with Crippen molar-refractivity contribution in [2.45, 2.75) is 6.42 Å². The van der Waals surface area contributed by atoms with Gasteiger partial charge in [0.2, 0.25) is 0 Å². The van der Waals surface area contributed by atoms with Gasteiger partial charge >= 0.3 is 6.03 Å². The zero-order valence-corrected chi connectivity index (χ0v) is 12.9. The average Bonchev–Trinajstić information content (AvgIpc) is 2.43. The van der Waals surface area contributed by atoms with Crippen LogP contribution in [-0.2, 0) is 6.42 Å². The summed E-state index contributed by atoms with van der Waals surface area (Å²) in [6.45, 7) is 0.534. The first-order valence-electron chi connectivity index (χ1n) is 6.05. The Bertz CT molecular complexity index is 606. The summed E-state index contributed by atoms with van der Waals surface area (Å²) in [5.74, 6) is 0. The number of nitrogens with zero attached hydrogens (tertiary/aromatic N) is 1. The molecule has 2 aromatic rings. The summed E-state index contributed by atoms with van der Waals surface area (Å²) in [6, 6.07) is 11.0. The lowest BCUT2D eigenvalue weighted by Crippen LogP contribution is -2.30. The number of benzene rings is 1. The van der Waals surface area contributed by atoms with E-state index < -0.39 is 0 Å². The molecule has 0 spiro atoms. The van der Waals surface area contributed by atoms with Crippen LogP contribution in [0, 0.1) is 0 Å². The molecule has 6 heteroatoms. The van der Waals surface area contributed by atoms with E-state index in [1.165, 1.54) is 0 Å². The van der Waals surface area contributed by atoms with E-state index in [9.17, 15) is 4.79 Å². The first-order valence-corrected chi connectivity index (χ1v) is 7.22. The van der Waals surface area contributed by atoms with Crippen LogP contribution in [0.15, 0.2) is 47.1 Å². The van der Waals surface area contributed by atoms with Gasteiger partial charge in [-0.15, -0.1) is 0 Å². The van der Waals surface area contributed by atoms with Crippen molar-refractivity contribution in [3.8, 4) is 0 Å². The predicted molar refractivity (Wildman–Crippen MR) is 84.1 cm³/mol. The highest BCUT2D eigenvalue weighted by atomic mass is 79.9. The van der Waals surface area contributed by atoms with Crippen LogP contribution >= 0.6 is 27.5 Å². The summed E-state index contributed by atoms with van der Waals surface area (Å²) in [5, 5.41) is 5.70. The van der Waals surface area contributed by atoms with E-state index in [2.05, 4.69) is 31.5 Å². The fourth-order valence-corrected chi connectivity index (χ4v) is 2.31. The van der Waals surface area contributed by atoms with Crippen LogP contribution in [0.25, 0.3) is 0 Å². The second-order valence-corrected chi connectivity index (χ2v) is 5.28. The van der Waals surface area contributed by atoms with E-state index in [1.807, 2.05) is 24.3 Å². The zero-order chi connectivity index (χ0) is 14.4. The van der Waals surface area contributed by atoms with Gasteiger partial charge < -0.3 is 10.6 Å². The van der Waals surface area contributed by atoms with Crippen LogP contribution in [0.1, 0.15) is 5.56 Å². The van der Waals surface area contributed by atoms with E-state index in [1.54, 1.807) is 18.3 Å². The van der Waals surface area contributed by atoms with E-state index in [0.29, 0.717) is 12.2 Å². The molecule has 0 fully saturated rings. The van der Waals surface area contributed by atoms with Crippen LogP contribution < -0.4 is 10.6 Å². The number of halogens is 2. The number of anilines is 1. The molecular weight excluding hydrogens is 342 g/mol. The zero-order valence-electron chi connectivity index (χ0n) is 10.6. The van der Waals surface area contributed by atoms with Gasteiger partial charge in [0.1, 0.15) is 0 Å². The molecule has 2 amide bonds. The fraction of sp³-hybridized carbons (Fsp3) is 0.143. The van der Waals surface area contributed by atoms with Crippen molar-refractivity contribution in [2.24, 2.45) is 0 Å². The molecule has 0 aliphatic heterocycles. The highest BCUT2D eigenvalue weighted by molar-refractivity contribution is 9.10. The molecule has 1 aromatic heterocycles. The second-order valence-electron chi connectivity index (χ2n) is 4.06. The summed E-state index contributed by atoms with van der Waals surface area (Å²) < 4.78 is 1.04. The van der Waals surface area contributed by atoms with Crippen LogP contribution in [0.4, 0.5) is 10.5 Å². The molecule has 1 heterocycles. The van der Waals surface area contributed by atoms with Gasteiger partial charge in [0.15, 0.2) is 5.15 Å². The standard InChI is InChI=1S/C14H13BrClN3O/c15-11-5-2-1-4-10(11)7-9-18-14(20)19-12-6-3-8-17-13(12)16/h1-6,8H,7,9H2,(H2,18,19,20). The summed E-state index contributed by atoms with van der Waals surface area (Å²) in [6.07, 6.45) is 2.31. The number of amides is 2. The topological polar surface area (TPSA) is 54.0 Å². The molecule has 0 radical (unpaired) electrons. The van der Waals surface area contributed by atoms with E-state index in [-0.39, 0.29) is 11.2 Å². The Kier molecular flexibility index (Phi) is 5.38. The lowest BCUT2D eigenvalue weighted by Gasteiger charge is -2.09. The van der Waals surface area contributed by atoms with Gasteiger partial charge in [0, 0.05) is 17.2 Å². The van der Waals surface area contributed by atoms with Crippen molar-refractivity contribution < 1.29 is 4.79 Å². The number of hydrogen-bond acceptors (Lipinski definition) is 2. The maximum atomic E-state index is 11.7. The van der Waals surface area contributed by atoms with Crippen LogP contribution in [0.3, 0.4) is 0 Å². The molecule has 0 unspecified atom stereocenters. The minimum absolute atomic E-state index is 0.272. The van der Waals surface area contributed by atoms with Crippen molar-refractivity contribution in [3.05, 3.63) is 57.8 Å². The Balaban J connectivity index is 1.82. The highest BCUT2D eigenvalue weighted by Gasteiger charge is 2.05. The smallest absolute Gasteiger partial charge is 0.319 e. The largest absolute Gasteiger partial charge is 0.338 e. The second kappa shape index (κ2) is 7.26. The molecule has 0 saturated carbocycles. The first kappa shape index (κ1) is 14.8. The minimum Gasteiger partial charge on any atom is -0.338 e. The van der Waals surface area contributed by atoms with Crippen molar-refractivity contribution in [3.63, 3.8) is 0 Å². The van der Waals surface area contributed by atoms with Gasteiger partial charge in [-0.1, -0.05) is 45.7 Å². The maximum Gasteiger partial charge on any atom is 0.319 e. The molecule has 0 saturated heterocycles. The van der Waals surface area contributed by atoms with Gasteiger partial charge in [0.05, 0.1) is 5.69 Å². The maximum absolute atomic E-state index is 11.7. The molecule has 2 rings (SSSR count). The molecule has 0 bridgehead atoms. The summed E-state index contributed by atoms with van der Waals surface area (Å²) in [7, 11) is 0. The highest BCUT2D eigenvalue weighted by Crippen LogP contribution is 2.17. The minimum atomic E-state index is -0.299. The Hall–Kier alpha value is -1.59. The number of carbonyl (C=O) groups excluding carboxylic acids is 1. The summed E-state index contributed by atoms with van der Waals surface area (Å²) >= 11 is 9.33. The first-order chi connectivity index (χ1) is 9.66. The van der Waals surface area contributed by atoms with Gasteiger partial charge in [0.25, 0.3) is 0 Å². The number of carbonyl (C=O) groups is 1. The SMILES string of the molecule is O=C(NCCc1ccccc1Br)Nc1cccnc1Cl. The predicted octanol–water partition coefficient (Wildman–Crippen LogP) is 3.86. The van der Waals surface area contributed by atoms with E-state index in [4.69, 9.17) is 11.6 Å². The number of rotatable bonds is 4. The Morgan fingerprint density at radius 3 is 2.80 bits per heavy atom. The Labute approximate surface area is 130 Å². The molecule has 104 valence electrons. The molecule has 0 atom stereocenters. The number of pyridine rings is 1. The van der Waals surface area contributed by atoms with Crippen molar-refractivity contribution >= 4 is 39.2 Å².